The maximum absolute atomic E-state index is 5.83. The first-order valence-electron chi connectivity index (χ1n) is 20.4. The third-order valence-corrected chi connectivity index (χ3v) is 10.0. The predicted octanol–water partition coefficient (Wildman–Crippen LogP) is 10.6. The van der Waals surface area contributed by atoms with Crippen molar-refractivity contribution in [1.82, 2.24) is 60.8 Å². The monoisotopic (exact) mass is 856 g/mol. The summed E-state index contributed by atoms with van der Waals surface area (Å²) in [6, 6.07) is 28.0. The number of aryl methyl sites for hydroxylation is 3. The van der Waals surface area contributed by atoms with Crippen LogP contribution in [0.4, 0.5) is 0 Å². The minimum atomic E-state index is 0. The highest BCUT2D eigenvalue weighted by Gasteiger charge is 2.21. The van der Waals surface area contributed by atoms with Gasteiger partial charge in [-0.1, -0.05) is 101 Å². The van der Waals surface area contributed by atoms with Crippen molar-refractivity contribution in [1.29, 1.82) is 0 Å². The minimum Gasteiger partial charge on any atom is -0.339 e. The van der Waals surface area contributed by atoms with Crippen LogP contribution in [-0.2, 0) is 12.8 Å². The predicted molar refractivity (Wildman–Crippen MR) is 231 cm³/mol. The average Bonchev–Trinajstić information content (AvgIpc) is 4.19. The average molecular weight is 857 g/mol. The Hall–Kier alpha value is -8.28. The second kappa shape index (κ2) is 18.0. The first-order chi connectivity index (χ1) is 31.0. The number of hydrogen-bond acceptors (Lipinski definition) is 18. The first-order valence-corrected chi connectivity index (χ1v) is 20.4. The molecule has 4 aromatic carbocycles. The summed E-state index contributed by atoms with van der Waals surface area (Å²) in [5, 5.41) is 25.5. The fourth-order valence-electron chi connectivity index (χ4n) is 6.78. The lowest BCUT2D eigenvalue weighted by Gasteiger charge is -2.03. The summed E-state index contributed by atoms with van der Waals surface area (Å²) in [6.07, 6.45) is 5.42. The highest BCUT2D eigenvalue weighted by Crippen LogP contribution is 2.34. The normalized spacial score (nSPS) is 11.3. The van der Waals surface area contributed by atoms with E-state index in [9.17, 15) is 0 Å². The molecule has 0 aliphatic carbocycles. The molecule has 0 aliphatic rings. The number of nitrogens with zero attached hydrogens (tertiary/aromatic N) is 12. The highest BCUT2D eigenvalue weighted by molar-refractivity contribution is 5.77. The van der Waals surface area contributed by atoms with E-state index in [0.29, 0.717) is 86.0 Å². The molecule has 0 aliphatic heterocycles. The van der Waals surface area contributed by atoms with Crippen LogP contribution in [0.3, 0.4) is 0 Å². The van der Waals surface area contributed by atoms with Gasteiger partial charge in [-0.3, -0.25) is 0 Å². The topological polar surface area (TPSA) is 234 Å². The molecule has 0 saturated heterocycles. The third kappa shape index (κ3) is 8.61. The standard InChI is InChI=1S/C45H36N12O6.CH4/c1-4-6-17-35-47-38(53-59-35)27-12-9-15-30(20-27)44-50-41(56-62-44)33-22-32(40-49-43(61-55-40)29-14-8-11-26(19-29)37-46-25(3)58-52-37)23-34(24-33)42-51-45(63-57-42)31-16-10-13-28(21-31)39-48-36(60-54-39)18-7-5-2;/h8-16,19-24H,4-7,17-18H2,1-3H3;1H4. The molecule has 10 aromatic rings. The van der Waals surface area contributed by atoms with Crippen molar-refractivity contribution < 1.29 is 27.1 Å². The van der Waals surface area contributed by atoms with E-state index in [2.05, 4.69) is 59.7 Å². The Morgan fingerprint density at radius 3 is 1.03 bits per heavy atom. The third-order valence-electron chi connectivity index (χ3n) is 10.0. The Kier molecular flexibility index (Phi) is 11.5. The number of hydrogen-bond donors (Lipinski definition) is 0. The Morgan fingerprint density at radius 1 is 0.359 bits per heavy atom. The van der Waals surface area contributed by atoms with Crippen LogP contribution < -0.4 is 0 Å². The van der Waals surface area contributed by atoms with Crippen LogP contribution in [0.2, 0.25) is 0 Å². The molecule has 18 heteroatoms. The SMILES string of the molecule is C.CCCCc1nc(-c2cccc(-c3nc(-c4cc(-c5noc(-c6cccc(-c7noc(C)n7)c6)n5)cc(-c5noc(-c6cccc(-c7noc(CCCC)n7)c6)n5)c4)no3)c2)no1. The lowest BCUT2D eigenvalue weighted by molar-refractivity contribution is 0.375. The number of aromatic nitrogens is 12. The van der Waals surface area contributed by atoms with Crippen LogP contribution in [0.5, 0.6) is 0 Å². The van der Waals surface area contributed by atoms with Crippen LogP contribution in [-0.4, -0.2) is 60.8 Å². The Balaban J connectivity index is 0.00000518. The van der Waals surface area contributed by atoms with Gasteiger partial charge in [0.05, 0.1) is 0 Å². The molecule has 320 valence electrons. The second-order valence-corrected chi connectivity index (χ2v) is 14.7. The summed E-state index contributed by atoms with van der Waals surface area (Å²) < 4.78 is 33.6. The minimum absolute atomic E-state index is 0. The van der Waals surface area contributed by atoms with Gasteiger partial charge in [0.25, 0.3) is 17.7 Å². The molecule has 0 radical (unpaired) electrons. The largest absolute Gasteiger partial charge is 0.339 e. The molecule has 0 atom stereocenters. The summed E-state index contributed by atoms with van der Waals surface area (Å²) in [5.41, 5.74) is 5.94. The Labute approximate surface area is 365 Å². The molecule has 6 aromatic heterocycles. The maximum Gasteiger partial charge on any atom is 0.258 e. The van der Waals surface area contributed by atoms with Crippen LogP contribution in [0.1, 0.15) is 64.6 Å². The van der Waals surface area contributed by atoms with E-state index in [1.165, 1.54) is 0 Å². The smallest absolute Gasteiger partial charge is 0.258 e. The van der Waals surface area contributed by atoms with Gasteiger partial charge in [0, 0.05) is 69.8 Å². The molecule has 0 N–H and O–H groups in total. The van der Waals surface area contributed by atoms with Crippen molar-refractivity contribution in [2.45, 2.75) is 66.7 Å². The zero-order valence-electron chi connectivity index (χ0n) is 34.2. The quantitative estimate of drug-likeness (QED) is 0.0932. The molecule has 0 unspecified atom stereocenters. The fraction of sp³-hybridized carbons (Fsp3) is 0.217. The van der Waals surface area contributed by atoms with Gasteiger partial charge >= 0.3 is 0 Å². The van der Waals surface area contributed by atoms with E-state index in [1.807, 2.05) is 91.0 Å². The maximum atomic E-state index is 5.83. The summed E-state index contributed by atoms with van der Waals surface area (Å²) in [5.74, 6) is 4.77. The van der Waals surface area contributed by atoms with Crippen LogP contribution in [0.25, 0.3) is 103 Å². The Morgan fingerprint density at radius 2 is 0.672 bits per heavy atom. The van der Waals surface area contributed by atoms with Gasteiger partial charge in [-0.25, -0.2) is 0 Å². The molecule has 0 fully saturated rings. The van der Waals surface area contributed by atoms with E-state index < -0.39 is 0 Å². The van der Waals surface area contributed by atoms with Gasteiger partial charge in [0.15, 0.2) is 0 Å². The fourth-order valence-corrected chi connectivity index (χ4v) is 6.78. The molecule has 18 nitrogen and oxygen atoms in total. The van der Waals surface area contributed by atoms with Gasteiger partial charge in [0.1, 0.15) is 0 Å². The first kappa shape index (κ1) is 41.1. The molecule has 0 amide bonds. The van der Waals surface area contributed by atoms with E-state index in [1.54, 1.807) is 6.92 Å². The summed E-state index contributed by atoms with van der Waals surface area (Å²) >= 11 is 0. The molecule has 6 heterocycles. The van der Waals surface area contributed by atoms with E-state index >= 15 is 0 Å². The lowest BCUT2D eigenvalue weighted by atomic mass is 10.0. The van der Waals surface area contributed by atoms with Gasteiger partial charge in [-0.15, -0.1) is 0 Å². The van der Waals surface area contributed by atoms with E-state index in [-0.39, 0.29) is 25.1 Å². The lowest BCUT2D eigenvalue weighted by Crippen LogP contribution is -1.90. The summed E-state index contributed by atoms with van der Waals surface area (Å²) in [7, 11) is 0. The van der Waals surface area contributed by atoms with E-state index in [4.69, 9.17) is 42.1 Å². The molecular formula is C46H40N12O6. The Bertz CT molecular complexity index is 3030. The van der Waals surface area contributed by atoms with Crippen LogP contribution >= 0.6 is 0 Å². The van der Waals surface area contributed by atoms with Gasteiger partial charge in [-0.05, 0) is 67.4 Å². The number of unbranched alkanes of at least 4 members (excludes halogenated alkanes) is 2. The zero-order valence-corrected chi connectivity index (χ0v) is 34.2. The molecule has 0 spiro atoms. The molecule has 10 rings (SSSR count). The molecule has 64 heavy (non-hydrogen) atoms. The van der Waals surface area contributed by atoms with E-state index in [0.717, 1.165) is 55.2 Å². The molecular weight excluding hydrogens is 817 g/mol. The van der Waals surface area contributed by atoms with Crippen LogP contribution in [0, 0.1) is 6.92 Å². The van der Waals surface area contributed by atoms with Crippen molar-refractivity contribution in [3.8, 4) is 103 Å². The van der Waals surface area contributed by atoms with Crippen molar-refractivity contribution in [3.05, 3.63) is 109 Å². The molecule has 0 saturated carbocycles. The van der Waals surface area contributed by atoms with Crippen molar-refractivity contribution >= 4 is 0 Å². The van der Waals surface area contributed by atoms with Crippen molar-refractivity contribution in [2.75, 3.05) is 0 Å². The summed E-state index contributed by atoms with van der Waals surface area (Å²) in [6.45, 7) is 5.96. The van der Waals surface area contributed by atoms with Gasteiger partial charge in [-0.2, -0.15) is 29.9 Å². The van der Waals surface area contributed by atoms with Crippen LogP contribution in [0.15, 0.2) is 118 Å². The summed E-state index contributed by atoms with van der Waals surface area (Å²) in [4.78, 5) is 27.8. The van der Waals surface area contributed by atoms with Crippen molar-refractivity contribution in [2.24, 2.45) is 0 Å². The zero-order chi connectivity index (χ0) is 42.7. The second-order valence-electron chi connectivity index (χ2n) is 14.7. The molecule has 0 bridgehead atoms. The number of benzene rings is 4. The van der Waals surface area contributed by atoms with Gasteiger partial charge in [0.2, 0.25) is 52.6 Å². The van der Waals surface area contributed by atoms with Gasteiger partial charge < -0.3 is 27.1 Å². The van der Waals surface area contributed by atoms with Crippen molar-refractivity contribution in [3.63, 3.8) is 0 Å². The highest BCUT2D eigenvalue weighted by atomic mass is 16.5. The number of rotatable bonds is 15.